The van der Waals surface area contributed by atoms with Gasteiger partial charge in [-0.1, -0.05) is 77.4 Å². The molecule has 0 saturated carbocycles. The van der Waals surface area contributed by atoms with E-state index in [9.17, 15) is 24.3 Å². The van der Waals surface area contributed by atoms with E-state index in [1.165, 1.54) is 103 Å². The molecule has 0 bridgehead atoms. The number of aromatic amines is 1. The normalized spacial score (nSPS) is 11.2. The number of nitrogens with one attached hydrogen (secondary N) is 3. The van der Waals surface area contributed by atoms with Gasteiger partial charge in [0.1, 0.15) is 18.1 Å². The largest absolute Gasteiger partial charge is 1.00 e. The summed E-state index contributed by atoms with van der Waals surface area (Å²) in [5, 5.41) is 50.0. The third-order valence-corrected chi connectivity index (χ3v) is 13.4. The molecule has 2 heterocycles. The van der Waals surface area contributed by atoms with Gasteiger partial charge >= 0.3 is 68.9 Å². The Balaban J connectivity index is -0.000000242. The number of carboxylic acid groups (broad SMARTS) is 2. The molecule has 1 aliphatic heterocycles. The first-order chi connectivity index (χ1) is 29.2. The van der Waals surface area contributed by atoms with Crippen molar-refractivity contribution >= 4 is 48.4 Å². The zero-order valence-corrected chi connectivity index (χ0v) is 42.9. The second kappa shape index (κ2) is 45.5. The standard InChI is InChI=1S/C12H11N4O5.C12H11NO5.2C6H15P.C4H8O.2Au.B.N3/c17-9-3-1-7(2-4-9)10(11(18)19)14-12(20)21-6-8-5-13-16-15-8;1-2-7-18-12(17)13-10(11(15)16)8-3-5-9(14)6-4-8;2*1-4-7(5-2)6-3;1-2-4-5-3-1;;;;1-3-2/h1-4,10,17H,6H2,(H,14,20)(H,18,19)(H,13,15,16);1,3-6,10,14H,7H2,(H,13,17)(H,15,16);2*4-6H2,1-3H3;1-4H2;;;;/q-1;;;;;2*+1;;-1/t2*10-;;;;;;;/m11......./s1. The zero-order chi connectivity index (χ0) is 46.4. The van der Waals surface area contributed by atoms with Gasteiger partial charge in [-0.3, -0.25) is 10.0 Å². The smallest absolute Gasteiger partial charge is 0.508 e. The summed E-state index contributed by atoms with van der Waals surface area (Å²) in [6, 6.07) is 8.28. The van der Waals surface area contributed by atoms with E-state index in [4.69, 9.17) is 42.3 Å². The van der Waals surface area contributed by atoms with Gasteiger partial charge in [0.25, 0.3) is 0 Å². The molecule has 3 radical (unpaired) electrons. The van der Waals surface area contributed by atoms with Gasteiger partial charge in [-0.25, -0.2) is 19.2 Å². The van der Waals surface area contributed by atoms with E-state index in [2.05, 4.69) is 84.4 Å². The predicted octanol–water partition coefficient (Wildman–Crippen LogP) is 7.57. The number of alkyl carbamates (subject to hydrolysis) is 2. The van der Waals surface area contributed by atoms with Crippen LogP contribution in [0.4, 0.5) is 9.59 Å². The van der Waals surface area contributed by atoms with Crippen LogP contribution in [0.1, 0.15) is 83.3 Å². The average molecular weight is 1300 g/mol. The van der Waals surface area contributed by atoms with Gasteiger partial charge in [-0.05, 0) is 85.2 Å². The van der Waals surface area contributed by atoms with Crippen LogP contribution in [-0.4, -0.2) is 125 Å². The quantitative estimate of drug-likeness (QED) is 0.0147. The molecule has 64 heavy (non-hydrogen) atoms. The maximum atomic E-state index is 11.6. The third-order valence-electron chi connectivity index (χ3n) is 8.04. The summed E-state index contributed by atoms with van der Waals surface area (Å²) >= 11 is 0. The van der Waals surface area contributed by atoms with Crippen molar-refractivity contribution in [1.29, 1.82) is 0 Å². The van der Waals surface area contributed by atoms with Crippen molar-refractivity contribution in [3.8, 4) is 23.8 Å². The summed E-state index contributed by atoms with van der Waals surface area (Å²) in [4.78, 5) is 46.5. The summed E-state index contributed by atoms with van der Waals surface area (Å²) in [6.07, 6.45) is 16.6. The van der Waals surface area contributed by atoms with Gasteiger partial charge in [-0.2, -0.15) is 0 Å². The van der Waals surface area contributed by atoms with Crippen molar-refractivity contribution in [3.05, 3.63) is 87.5 Å². The number of aromatic hydroxyl groups is 2. The van der Waals surface area contributed by atoms with Crippen LogP contribution in [0.15, 0.2) is 48.5 Å². The molecule has 0 aliphatic carbocycles. The molecule has 0 spiro atoms. The molecule has 2 atom stereocenters. The minimum absolute atomic E-state index is 0. The summed E-state index contributed by atoms with van der Waals surface area (Å²) in [5.41, 5.74) is 14.5. The topological polar surface area (TPSA) is 301 Å². The molecular weight excluding hydrogens is 1240 g/mol. The van der Waals surface area contributed by atoms with E-state index in [1.807, 2.05) is 0 Å². The number of hydrogen-bond donors (Lipinski definition) is 7. The first-order valence-electron chi connectivity index (χ1n) is 19.3. The van der Waals surface area contributed by atoms with Crippen LogP contribution in [-0.2, 0) is 75.2 Å². The maximum Gasteiger partial charge on any atom is 1.00 e. The summed E-state index contributed by atoms with van der Waals surface area (Å²) in [7, 11) is 0.892. The van der Waals surface area contributed by atoms with Crippen LogP contribution in [0.2, 0.25) is 0 Å². The number of carboxylic acids is 2. The number of ether oxygens (including phenoxy) is 3. The van der Waals surface area contributed by atoms with Crippen LogP contribution >= 0.6 is 15.8 Å². The fourth-order valence-corrected chi connectivity index (χ4v) is 7.27. The van der Waals surface area contributed by atoms with E-state index >= 15 is 0 Å². The van der Waals surface area contributed by atoms with E-state index in [0.717, 1.165) is 13.2 Å². The first-order valence-corrected chi connectivity index (χ1v) is 23.1. The van der Waals surface area contributed by atoms with Gasteiger partial charge in [0.2, 0.25) is 0 Å². The van der Waals surface area contributed by atoms with Crippen molar-refractivity contribution < 1.29 is 98.6 Å². The number of rotatable bonds is 15. The molecule has 1 fully saturated rings. The molecule has 24 heteroatoms. The van der Waals surface area contributed by atoms with Crippen LogP contribution in [0.25, 0.3) is 16.0 Å². The number of carbonyl (C=O) groups excluding carboxylic acids is 2. The Morgan fingerprint density at radius 2 is 1.14 bits per heavy atom. The van der Waals surface area contributed by atoms with E-state index in [0.29, 0.717) is 32.7 Å². The van der Waals surface area contributed by atoms with Crippen molar-refractivity contribution in [2.45, 2.75) is 73.1 Å². The maximum absolute atomic E-state index is 11.6. The van der Waals surface area contributed by atoms with Crippen molar-refractivity contribution in [3.63, 3.8) is 0 Å². The number of benzene rings is 2. The molecule has 2 aromatic carbocycles. The Kier molecular flexibility index (Phi) is 49.0. The molecule has 361 valence electrons. The summed E-state index contributed by atoms with van der Waals surface area (Å²) in [6.45, 7) is 15.3. The zero-order valence-electron chi connectivity index (χ0n) is 36.8. The predicted molar refractivity (Wildman–Crippen MR) is 242 cm³/mol. The number of hydrogen-bond acceptors (Lipinski definition) is 11. The Labute approximate surface area is 411 Å². The van der Waals surface area contributed by atoms with Crippen LogP contribution in [0.5, 0.6) is 11.5 Å². The van der Waals surface area contributed by atoms with Crippen molar-refractivity contribution in [1.82, 2.24) is 26.0 Å². The molecular formula is C40H60Au2BN8O11P2. The van der Waals surface area contributed by atoms with Crippen molar-refractivity contribution in [2.24, 2.45) is 0 Å². The number of terminal acetylenes is 1. The Morgan fingerprint density at radius 3 is 1.39 bits per heavy atom. The Bertz CT molecular complexity index is 1670. The molecule has 1 aliphatic rings. The molecule has 2 amide bonds. The number of amides is 2. The summed E-state index contributed by atoms with van der Waals surface area (Å²) in [5.74, 6) is -0.433. The molecule has 3 aromatic rings. The average Bonchev–Trinajstić information content (AvgIpc) is 4.02. The van der Waals surface area contributed by atoms with Gasteiger partial charge in [-0.15, -0.1) is 27.5 Å². The van der Waals surface area contributed by atoms with E-state index in [-0.39, 0.29) is 77.9 Å². The second-order valence-corrected chi connectivity index (χ2v) is 18.4. The summed E-state index contributed by atoms with van der Waals surface area (Å²) < 4.78 is 14.3. The third kappa shape index (κ3) is 35.3. The monoisotopic (exact) mass is 1300 g/mol. The van der Waals surface area contributed by atoms with Gasteiger partial charge in [0, 0.05) is 21.6 Å². The number of aromatic nitrogens is 3. The van der Waals surface area contributed by atoms with E-state index < -0.39 is 36.2 Å². The minimum atomic E-state index is -1.29. The Hall–Kier alpha value is -4.10. The molecule has 0 unspecified atom stereocenters. The molecule has 1 aromatic heterocycles. The fraction of sp³-hybridized carbons (Fsp3) is 0.500. The molecule has 1 saturated heterocycles. The van der Waals surface area contributed by atoms with E-state index in [1.54, 1.807) is 0 Å². The number of carbonyl (C=O) groups is 4. The second-order valence-electron chi connectivity index (χ2n) is 11.9. The fourth-order valence-electron chi connectivity index (χ4n) is 4.59. The van der Waals surface area contributed by atoms with Crippen LogP contribution < -0.4 is 10.6 Å². The number of phenols is 2. The van der Waals surface area contributed by atoms with Crippen LogP contribution in [0, 0.1) is 18.5 Å². The molecule has 19 nitrogen and oxygen atoms in total. The number of phenolic OH excluding ortho intramolecular Hbond substituents is 2. The van der Waals surface area contributed by atoms with Gasteiger partial charge in [0.05, 0.1) is 0 Å². The number of H-pyrrole nitrogens is 1. The van der Waals surface area contributed by atoms with Gasteiger partial charge in [0.15, 0.2) is 18.7 Å². The Morgan fingerprint density at radius 1 is 0.781 bits per heavy atom. The molecule has 7 N–H and O–H groups in total. The van der Waals surface area contributed by atoms with Crippen molar-refractivity contribution in [2.75, 3.05) is 56.8 Å². The number of aliphatic carboxylic acids is 2. The number of nitrogens with zero attached hydrogens (tertiary/aromatic N) is 5. The molecule has 4 rings (SSSR count). The van der Waals surface area contributed by atoms with Gasteiger partial charge < -0.3 is 67.6 Å². The first kappa shape index (κ1) is 68.9. The minimum Gasteiger partial charge on any atom is -0.508 e. The SMILES string of the molecule is C#CCOC(=O)N[C@@H](C(=O)O)c1ccc(O)cc1.C1CCOC1.CCP(CC)CC.CCP(CC)CC.O=C(N[C@@H](C(=O)O)c1ccc(O)cc1)OCc1[c-]nn[nH]1.[Au+].[Au+].[B].[N-]=[N+]=[N-]. The van der Waals surface area contributed by atoms with Crippen LogP contribution in [0.3, 0.4) is 0 Å².